The summed E-state index contributed by atoms with van der Waals surface area (Å²) in [5.41, 5.74) is 1.30. The molecule has 1 amide bonds. The zero-order valence-corrected chi connectivity index (χ0v) is 15.3. The molecule has 1 fully saturated rings. The first kappa shape index (κ1) is 19.9. The van der Waals surface area contributed by atoms with E-state index < -0.39 is 6.36 Å². The first-order valence-electron chi connectivity index (χ1n) is 8.96. The maximum absolute atomic E-state index is 12.7. The van der Waals surface area contributed by atoms with Crippen LogP contribution >= 0.6 is 0 Å². The van der Waals surface area contributed by atoms with Gasteiger partial charge in [0.15, 0.2) is 0 Å². The fourth-order valence-corrected chi connectivity index (χ4v) is 2.94. The van der Waals surface area contributed by atoms with Gasteiger partial charge in [0.05, 0.1) is 6.54 Å². The van der Waals surface area contributed by atoms with Crippen molar-refractivity contribution in [2.45, 2.75) is 38.7 Å². The molecule has 9 heteroatoms. The molecule has 0 spiro atoms. The lowest BCUT2D eigenvalue weighted by Gasteiger charge is -2.32. The molecule has 6 nitrogen and oxygen atoms in total. The van der Waals surface area contributed by atoms with E-state index in [1.54, 1.807) is 17.3 Å². The fourth-order valence-electron chi connectivity index (χ4n) is 2.94. The average molecular weight is 395 g/mol. The molecule has 0 saturated carbocycles. The van der Waals surface area contributed by atoms with Crippen LogP contribution in [0.1, 0.15) is 35.7 Å². The second kappa shape index (κ2) is 8.45. The van der Waals surface area contributed by atoms with Gasteiger partial charge in [-0.3, -0.25) is 4.79 Å². The molecular weight excluding hydrogens is 375 g/mol. The number of carbonyl (C=O) groups is 1. The van der Waals surface area contributed by atoms with Crippen LogP contribution in [-0.4, -0.2) is 46.3 Å². The van der Waals surface area contributed by atoms with E-state index >= 15 is 0 Å². The Bertz CT molecular complexity index is 795. The molecule has 1 unspecified atom stereocenters. The first-order valence-corrected chi connectivity index (χ1v) is 8.96. The Morgan fingerprint density at radius 2 is 1.89 bits per heavy atom. The maximum atomic E-state index is 12.7. The fraction of sp³-hybridized carbons (Fsp3) is 0.421. The largest absolute Gasteiger partial charge is 0.573 e. The number of alkyl halides is 3. The quantitative estimate of drug-likeness (QED) is 0.774. The van der Waals surface area contributed by atoms with E-state index in [-0.39, 0.29) is 23.8 Å². The molecular formula is C19H20F3N3O3. The molecule has 150 valence electrons. The Morgan fingerprint density at radius 1 is 1.21 bits per heavy atom. The molecule has 0 bridgehead atoms. The van der Waals surface area contributed by atoms with Gasteiger partial charge < -0.3 is 14.4 Å². The van der Waals surface area contributed by atoms with E-state index in [4.69, 9.17) is 4.74 Å². The minimum atomic E-state index is -4.76. The third-order valence-corrected chi connectivity index (χ3v) is 4.36. The van der Waals surface area contributed by atoms with Crippen LogP contribution in [0, 0.1) is 0 Å². The number of carbonyl (C=O) groups excluding carboxylic acids is 1. The molecule has 1 aliphatic heterocycles. The van der Waals surface area contributed by atoms with E-state index in [2.05, 4.69) is 14.7 Å². The Morgan fingerprint density at radius 3 is 2.50 bits per heavy atom. The lowest BCUT2D eigenvalue weighted by molar-refractivity contribution is -0.274. The van der Waals surface area contributed by atoms with Crippen LogP contribution in [0.3, 0.4) is 0 Å². The number of ether oxygens (including phenoxy) is 2. The molecule has 0 aliphatic carbocycles. The lowest BCUT2D eigenvalue weighted by Crippen LogP contribution is -2.44. The first-order chi connectivity index (χ1) is 13.3. The summed E-state index contributed by atoms with van der Waals surface area (Å²) in [6.45, 7) is 2.92. The van der Waals surface area contributed by atoms with Crippen LogP contribution in [0.2, 0.25) is 0 Å². The monoisotopic (exact) mass is 395 g/mol. The number of aromatic nitrogens is 2. The highest BCUT2D eigenvalue weighted by molar-refractivity contribution is 5.94. The summed E-state index contributed by atoms with van der Waals surface area (Å²) >= 11 is 0. The van der Waals surface area contributed by atoms with Gasteiger partial charge in [0.1, 0.15) is 11.9 Å². The highest BCUT2D eigenvalue weighted by Crippen LogP contribution is 2.24. The Balaban J connectivity index is 1.60. The van der Waals surface area contributed by atoms with E-state index in [1.165, 1.54) is 12.1 Å². The van der Waals surface area contributed by atoms with Gasteiger partial charge in [-0.05, 0) is 49.1 Å². The number of halogens is 3. The molecule has 1 atom stereocenters. The number of rotatable bonds is 5. The summed E-state index contributed by atoms with van der Waals surface area (Å²) in [6.07, 6.45) is 0.758. The lowest BCUT2D eigenvalue weighted by atomic mass is 10.1. The maximum Gasteiger partial charge on any atom is 0.573 e. The molecule has 28 heavy (non-hydrogen) atoms. The minimum absolute atomic E-state index is 0.238. The SMILES string of the molecule is CCc1cnc(OC2CCCN(C(=O)c3ccc(OC(F)(F)F)cc3)C2)nc1. The van der Waals surface area contributed by atoms with Gasteiger partial charge in [-0.25, -0.2) is 9.97 Å². The highest BCUT2D eigenvalue weighted by atomic mass is 19.4. The van der Waals surface area contributed by atoms with E-state index in [1.807, 2.05) is 6.92 Å². The van der Waals surface area contributed by atoms with Gasteiger partial charge in [0, 0.05) is 24.5 Å². The van der Waals surface area contributed by atoms with Crippen LogP contribution in [-0.2, 0) is 6.42 Å². The van der Waals surface area contributed by atoms with Gasteiger partial charge in [0.25, 0.3) is 5.91 Å². The van der Waals surface area contributed by atoms with Crippen molar-refractivity contribution in [2.75, 3.05) is 13.1 Å². The van der Waals surface area contributed by atoms with Crippen molar-refractivity contribution in [1.82, 2.24) is 14.9 Å². The third kappa shape index (κ3) is 5.34. The number of aryl methyl sites for hydroxylation is 1. The van der Waals surface area contributed by atoms with Crippen LogP contribution < -0.4 is 9.47 Å². The van der Waals surface area contributed by atoms with Crippen LogP contribution in [0.25, 0.3) is 0 Å². The van der Waals surface area contributed by atoms with Crippen LogP contribution in [0.5, 0.6) is 11.8 Å². The van der Waals surface area contributed by atoms with Gasteiger partial charge >= 0.3 is 12.4 Å². The molecule has 2 aromatic rings. The second-order valence-electron chi connectivity index (χ2n) is 6.43. The highest BCUT2D eigenvalue weighted by Gasteiger charge is 2.31. The molecule has 1 saturated heterocycles. The summed E-state index contributed by atoms with van der Waals surface area (Å²) in [5.74, 6) is -0.634. The molecule has 0 N–H and O–H groups in total. The van der Waals surface area contributed by atoms with Crippen molar-refractivity contribution in [3.63, 3.8) is 0 Å². The van der Waals surface area contributed by atoms with Crippen molar-refractivity contribution in [1.29, 1.82) is 0 Å². The van der Waals surface area contributed by atoms with Crippen molar-refractivity contribution < 1.29 is 27.4 Å². The normalized spacial score (nSPS) is 17.3. The van der Waals surface area contributed by atoms with Crippen molar-refractivity contribution in [3.8, 4) is 11.8 Å². The molecule has 1 aromatic heterocycles. The summed E-state index contributed by atoms with van der Waals surface area (Å²) in [5, 5.41) is 0. The summed E-state index contributed by atoms with van der Waals surface area (Å²) in [4.78, 5) is 22.6. The van der Waals surface area contributed by atoms with E-state index in [9.17, 15) is 18.0 Å². The predicted molar refractivity (Wildman–Crippen MR) is 94.1 cm³/mol. The van der Waals surface area contributed by atoms with Crippen molar-refractivity contribution in [2.24, 2.45) is 0 Å². The predicted octanol–water partition coefficient (Wildman–Crippen LogP) is 3.62. The van der Waals surface area contributed by atoms with Gasteiger partial charge in [0.2, 0.25) is 0 Å². The molecule has 3 rings (SSSR count). The van der Waals surface area contributed by atoms with Crippen molar-refractivity contribution >= 4 is 5.91 Å². The number of hydrogen-bond acceptors (Lipinski definition) is 5. The summed E-state index contributed by atoms with van der Waals surface area (Å²) in [6, 6.07) is 5.16. The molecule has 1 aliphatic rings. The second-order valence-corrected chi connectivity index (χ2v) is 6.43. The zero-order valence-electron chi connectivity index (χ0n) is 15.3. The number of nitrogens with zero attached hydrogens (tertiary/aromatic N) is 3. The molecule has 1 aromatic carbocycles. The number of benzene rings is 1. The Kier molecular flexibility index (Phi) is 6.01. The van der Waals surface area contributed by atoms with Crippen molar-refractivity contribution in [3.05, 3.63) is 47.8 Å². The Hall–Kier alpha value is -2.84. The van der Waals surface area contributed by atoms with Gasteiger partial charge in [-0.15, -0.1) is 13.2 Å². The summed E-state index contributed by atoms with van der Waals surface area (Å²) < 4.78 is 46.3. The topological polar surface area (TPSA) is 64.5 Å². The van der Waals surface area contributed by atoms with E-state index in [0.29, 0.717) is 18.7 Å². The van der Waals surface area contributed by atoms with Gasteiger partial charge in [-0.2, -0.15) is 0 Å². The third-order valence-electron chi connectivity index (χ3n) is 4.36. The number of amides is 1. The summed E-state index contributed by atoms with van der Waals surface area (Å²) in [7, 11) is 0. The van der Waals surface area contributed by atoms with E-state index in [0.717, 1.165) is 37.0 Å². The molecule has 0 radical (unpaired) electrons. The smallest absolute Gasteiger partial charge is 0.458 e. The molecule has 2 heterocycles. The number of likely N-dealkylation sites (tertiary alicyclic amines) is 1. The minimum Gasteiger partial charge on any atom is -0.458 e. The van der Waals surface area contributed by atoms with Gasteiger partial charge in [-0.1, -0.05) is 6.92 Å². The van der Waals surface area contributed by atoms with Crippen LogP contribution in [0.15, 0.2) is 36.7 Å². The van der Waals surface area contributed by atoms with Crippen LogP contribution in [0.4, 0.5) is 13.2 Å². The standard InChI is InChI=1S/C19H20F3N3O3/c1-2-13-10-23-18(24-11-13)27-16-4-3-9-25(12-16)17(26)14-5-7-15(8-6-14)28-19(20,21)22/h5-8,10-11,16H,2-4,9,12H2,1H3. The number of hydrogen-bond donors (Lipinski definition) is 0. The zero-order chi connectivity index (χ0) is 20.1. The average Bonchev–Trinajstić information content (AvgIpc) is 2.68. The Labute approximate surface area is 160 Å². The number of piperidine rings is 1.